The number of halogens is 1. The van der Waals surface area contributed by atoms with Crippen LogP contribution in [0.15, 0.2) is 54.6 Å². The maximum Gasteiger partial charge on any atom is 0.237 e. The summed E-state index contributed by atoms with van der Waals surface area (Å²) in [7, 11) is 0. The number of carbonyl (C=O) groups excluding carboxylic acids is 1. The Bertz CT molecular complexity index is 572. The van der Waals surface area contributed by atoms with E-state index in [0.29, 0.717) is 12.0 Å². The van der Waals surface area contributed by atoms with E-state index in [1.54, 1.807) is 18.2 Å². The van der Waals surface area contributed by atoms with Crippen molar-refractivity contribution in [3.8, 4) is 0 Å². The quantitative estimate of drug-likeness (QED) is 0.875. The molecule has 2 aromatic rings. The lowest BCUT2D eigenvalue weighted by molar-refractivity contribution is -0.122. The van der Waals surface area contributed by atoms with Crippen LogP contribution in [0, 0.1) is 5.82 Å². The van der Waals surface area contributed by atoms with Gasteiger partial charge >= 0.3 is 0 Å². The van der Waals surface area contributed by atoms with Gasteiger partial charge in [0.1, 0.15) is 5.82 Å². The van der Waals surface area contributed by atoms with E-state index in [0.717, 1.165) is 5.56 Å². The van der Waals surface area contributed by atoms with Gasteiger partial charge in [-0.2, -0.15) is 0 Å². The molecule has 0 fully saturated rings. The van der Waals surface area contributed by atoms with E-state index in [1.807, 2.05) is 30.3 Å². The van der Waals surface area contributed by atoms with Gasteiger partial charge in [0.05, 0.1) is 6.04 Å². The molecule has 3 N–H and O–H groups in total. The van der Waals surface area contributed by atoms with E-state index in [1.165, 1.54) is 6.07 Å². The van der Waals surface area contributed by atoms with Crippen molar-refractivity contribution in [2.45, 2.75) is 19.0 Å². The monoisotopic (exact) mass is 272 g/mol. The van der Waals surface area contributed by atoms with Gasteiger partial charge in [-0.1, -0.05) is 48.5 Å². The molecule has 20 heavy (non-hydrogen) atoms. The topological polar surface area (TPSA) is 55.1 Å². The van der Waals surface area contributed by atoms with Crippen molar-refractivity contribution in [3.63, 3.8) is 0 Å². The second kappa shape index (κ2) is 6.82. The van der Waals surface area contributed by atoms with Crippen molar-refractivity contribution in [3.05, 3.63) is 71.5 Å². The molecule has 0 unspecified atom stereocenters. The Morgan fingerprint density at radius 2 is 1.75 bits per heavy atom. The Morgan fingerprint density at radius 3 is 2.45 bits per heavy atom. The van der Waals surface area contributed by atoms with E-state index in [4.69, 9.17) is 5.73 Å². The summed E-state index contributed by atoms with van der Waals surface area (Å²) in [6.45, 7) is 0.147. The van der Waals surface area contributed by atoms with Crippen LogP contribution < -0.4 is 11.1 Å². The third-order valence-corrected chi connectivity index (χ3v) is 3.05. The van der Waals surface area contributed by atoms with Crippen LogP contribution in [0.2, 0.25) is 0 Å². The molecule has 3 nitrogen and oxygen atoms in total. The average molecular weight is 272 g/mol. The van der Waals surface area contributed by atoms with E-state index in [-0.39, 0.29) is 18.3 Å². The zero-order chi connectivity index (χ0) is 14.4. The predicted octanol–water partition coefficient (Wildman–Crippen LogP) is 2.01. The molecule has 0 saturated carbocycles. The molecule has 0 spiro atoms. The van der Waals surface area contributed by atoms with Gasteiger partial charge in [-0.25, -0.2) is 4.39 Å². The van der Waals surface area contributed by atoms with Gasteiger partial charge in [0.15, 0.2) is 0 Å². The molecule has 0 radical (unpaired) electrons. The van der Waals surface area contributed by atoms with Gasteiger partial charge in [0.25, 0.3) is 0 Å². The summed E-state index contributed by atoms with van der Waals surface area (Å²) >= 11 is 0. The molecular formula is C16H17FN2O. The third kappa shape index (κ3) is 3.90. The second-order valence-electron chi connectivity index (χ2n) is 4.61. The number of hydrogen-bond acceptors (Lipinski definition) is 2. The van der Waals surface area contributed by atoms with Crippen LogP contribution in [0.1, 0.15) is 11.1 Å². The zero-order valence-electron chi connectivity index (χ0n) is 11.1. The van der Waals surface area contributed by atoms with Gasteiger partial charge in [0, 0.05) is 12.1 Å². The first-order valence-electron chi connectivity index (χ1n) is 6.47. The summed E-state index contributed by atoms with van der Waals surface area (Å²) in [5.41, 5.74) is 7.30. The Balaban J connectivity index is 1.87. The predicted molar refractivity (Wildman–Crippen MR) is 76.4 cm³/mol. The second-order valence-corrected chi connectivity index (χ2v) is 4.61. The lowest BCUT2D eigenvalue weighted by Crippen LogP contribution is -2.41. The molecule has 1 atom stereocenters. The minimum absolute atomic E-state index is 0.147. The molecule has 0 saturated heterocycles. The van der Waals surface area contributed by atoms with Gasteiger partial charge < -0.3 is 11.1 Å². The summed E-state index contributed by atoms with van der Waals surface area (Å²) in [5, 5.41) is 2.66. The highest BCUT2D eigenvalue weighted by molar-refractivity contribution is 5.81. The molecule has 0 heterocycles. The van der Waals surface area contributed by atoms with Crippen LogP contribution >= 0.6 is 0 Å². The van der Waals surface area contributed by atoms with E-state index < -0.39 is 6.04 Å². The van der Waals surface area contributed by atoms with Crippen LogP contribution in [0.4, 0.5) is 4.39 Å². The first-order chi connectivity index (χ1) is 9.66. The molecule has 0 aliphatic carbocycles. The number of hydrogen-bond donors (Lipinski definition) is 2. The number of rotatable bonds is 5. The van der Waals surface area contributed by atoms with Crippen molar-refractivity contribution in [2.24, 2.45) is 5.73 Å². The fourth-order valence-electron chi connectivity index (χ4n) is 1.92. The summed E-state index contributed by atoms with van der Waals surface area (Å²) in [6, 6.07) is 15.3. The van der Waals surface area contributed by atoms with Crippen LogP contribution in [-0.2, 0) is 17.8 Å². The van der Waals surface area contributed by atoms with E-state index in [2.05, 4.69) is 5.32 Å². The first-order valence-corrected chi connectivity index (χ1v) is 6.47. The van der Waals surface area contributed by atoms with Crippen molar-refractivity contribution in [1.82, 2.24) is 5.32 Å². The molecular weight excluding hydrogens is 255 g/mol. The summed E-state index contributed by atoms with van der Waals surface area (Å²) < 4.78 is 13.4. The number of amides is 1. The van der Waals surface area contributed by atoms with Crippen LogP contribution in [0.3, 0.4) is 0 Å². The molecule has 4 heteroatoms. The molecule has 0 bridgehead atoms. The highest BCUT2D eigenvalue weighted by Crippen LogP contribution is 2.06. The van der Waals surface area contributed by atoms with Crippen molar-refractivity contribution < 1.29 is 9.18 Å². The molecule has 0 aromatic heterocycles. The smallest absolute Gasteiger partial charge is 0.237 e. The SMILES string of the molecule is N[C@@H](Cc1ccccc1)C(=O)NCc1ccccc1F. The van der Waals surface area contributed by atoms with Crippen LogP contribution in [0.5, 0.6) is 0 Å². The van der Waals surface area contributed by atoms with E-state index >= 15 is 0 Å². The molecule has 104 valence electrons. The highest BCUT2D eigenvalue weighted by Gasteiger charge is 2.14. The van der Waals surface area contributed by atoms with Gasteiger partial charge in [-0.15, -0.1) is 0 Å². The van der Waals surface area contributed by atoms with Crippen molar-refractivity contribution >= 4 is 5.91 Å². The largest absolute Gasteiger partial charge is 0.351 e. The number of nitrogens with two attached hydrogens (primary N) is 1. The van der Waals surface area contributed by atoms with Crippen LogP contribution in [0.25, 0.3) is 0 Å². The third-order valence-electron chi connectivity index (χ3n) is 3.05. The first kappa shape index (κ1) is 14.2. The zero-order valence-corrected chi connectivity index (χ0v) is 11.1. The average Bonchev–Trinajstić information content (AvgIpc) is 2.47. The molecule has 0 aliphatic heterocycles. The molecule has 0 aliphatic rings. The number of benzene rings is 2. The Kier molecular flexibility index (Phi) is 4.85. The minimum atomic E-state index is -0.635. The maximum atomic E-state index is 13.4. The van der Waals surface area contributed by atoms with Crippen molar-refractivity contribution in [2.75, 3.05) is 0 Å². The Hall–Kier alpha value is -2.20. The molecule has 2 rings (SSSR count). The summed E-state index contributed by atoms with van der Waals surface area (Å²) in [5.74, 6) is -0.610. The van der Waals surface area contributed by atoms with E-state index in [9.17, 15) is 9.18 Å². The lowest BCUT2D eigenvalue weighted by atomic mass is 10.1. The highest BCUT2D eigenvalue weighted by atomic mass is 19.1. The van der Waals surface area contributed by atoms with Crippen LogP contribution in [-0.4, -0.2) is 11.9 Å². The minimum Gasteiger partial charge on any atom is -0.351 e. The summed E-state index contributed by atoms with van der Waals surface area (Å²) in [4.78, 5) is 11.9. The van der Waals surface area contributed by atoms with Crippen molar-refractivity contribution in [1.29, 1.82) is 0 Å². The lowest BCUT2D eigenvalue weighted by Gasteiger charge is -2.12. The van der Waals surface area contributed by atoms with Gasteiger partial charge in [-0.05, 0) is 18.1 Å². The Morgan fingerprint density at radius 1 is 1.10 bits per heavy atom. The number of nitrogens with one attached hydrogen (secondary N) is 1. The fraction of sp³-hybridized carbons (Fsp3) is 0.188. The standard InChI is InChI=1S/C16H17FN2O/c17-14-9-5-4-8-13(14)11-19-16(20)15(18)10-12-6-2-1-3-7-12/h1-9,15H,10-11,18H2,(H,19,20)/t15-/m0/s1. The Labute approximate surface area is 117 Å². The molecule has 1 amide bonds. The van der Waals surface area contributed by atoms with Gasteiger partial charge in [-0.3, -0.25) is 4.79 Å². The fourth-order valence-corrected chi connectivity index (χ4v) is 1.92. The summed E-state index contributed by atoms with van der Waals surface area (Å²) in [6.07, 6.45) is 0.462. The number of carbonyl (C=O) groups is 1. The van der Waals surface area contributed by atoms with Gasteiger partial charge in [0.2, 0.25) is 5.91 Å². The normalized spacial score (nSPS) is 11.9. The maximum absolute atomic E-state index is 13.4. The molecule has 2 aromatic carbocycles.